The van der Waals surface area contributed by atoms with E-state index in [4.69, 9.17) is 5.11 Å². The number of H-pyrrole nitrogens is 1. The largest absolute Gasteiger partial charge is 0.477 e. The van der Waals surface area contributed by atoms with Gasteiger partial charge in [0, 0.05) is 11.7 Å². The SMILES string of the molecule is Cc1[nH]c(C(=O)O)c(C)c1C(=O)NC1CCC(O)CC1. The molecule has 0 bridgehead atoms. The van der Waals surface area contributed by atoms with Crippen LogP contribution >= 0.6 is 0 Å². The quantitative estimate of drug-likeness (QED) is 0.671. The summed E-state index contributed by atoms with van der Waals surface area (Å²) >= 11 is 0. The van der Waals surface area contributed by atoms with Crippen LogP contribution in [0.3, 0.4) is 0 Å². The minimum absolute atomic E-state index is 0.0490. The van der Waals surface area contributed by atoms with Gasteiger partial charge in [0.2, 0.25) is 0 Å². The molecule has 1 saturated carbocycles. The lowest BCUT2D eigenvalue weighted by molar-refractivity contribution is 0.0690. The highest BCUT2D eigenvalue weighted by atomic mass is 16.4. The van der Waals surface area contributed by atoms with Crippen LogP contribution in [0, 0.1) is 13.8 Å². The number of carbonyl (C=O) groups is 2. The van der Waals surface area contributed by atoms with Gasteiger partial charge in [0.05, 0.1) is 11.7 Å². The molecule has 2 rings (SSSR count). The molecule has 1 amide bonds. The fraction of sp³-hybridized carbons (Fsp3) is 0.571. The molecular formula is C14H20N2O4. The molecule has 1 aliphatic rings. The first-order valence-electron chi connectivity index (χ1n) is 6.81. The Morgan fingerprint density at radius 1 is 1.20 bits per heavy atom. The third-order valence-electron chi connectivity index (χ3n) is 3.91. The van der Waals surface area contributed by atoms with Gasteiger partial charge in [-0.3, -0.25) is 4.79 Å². The Bertz CT molecular complexity index is 528. The van der Waals surface area contributed by atoms with Gasteiger partial charge in [-0.15, -0.1) is 0 Å². The molecule has 0 aliphatic heterocycles. The minimum Gasteiger partial charge on any atom is -0.477 e. The van der Waals surface area contributed by atoms with Crippen LogP contribution in [0.5, 0.6) is 0 Å². The lowest BCUT2D eigenvalue weighted by Crippen LogP contribution is -2.38. The fourth-order valence-electron chi connectivity index (χ4n) is 2.78. The number of aliphatic hydroxyl groups excluding tert-OH is 1. The van der Waals surface area contributed by atoms with Crippen molar-refractivity contribution in [3.8, 4) is 0 Å². The Kier molecular flexibility index (Phi) is 4.13. The van der Waals surface area contributed by atoms with Crippen LogP contribution in [0.4, 0.5) is 0 Å². The Morgan fingerprint density at radius 2 is 1.80 bits per heavy atom. The molecule has 0 unspecified atom stereocenters. The second-order valence-electron chi connectivity index (χ2n) is 5.41. The Hall–Kier alpha value is -1.82. The molecule has 20 heavy (non-hydrogen) atoms. The number of aliphatic hydroxyl groups is 1. The van der Waals surface area contributed by atoms with E-state index in [1.165, 1.54) is 0 Å². The summed E-state index contributed by atoms with van der Waals surface area (Å²) in [6, 6.07) is 0.0490. The molecule has 1 aromatic heterocycles. The smallest absolute Gasteiger partial charge is 0.352 e. The van der Waals surface area contributed by atoms with Gasteiger partial charge in [-0.05, 0) is 45.1 Å². The highest BCUT2D eigenvalue weighted by Crippen LogP contribution is 2.21. The standard InChI is InChI=1S/C14H20N2O4/c1-7-11(8(2)15-12(7)14(19)20)13(18)16-9-3-5-10(17)6-4-9/h9-10,15,17H,3-6H2,1-2H3,(H,16,18)(H,19,20). The maximum atomic E-state index is 12.3. The molecule has 0 radical (unpaired) electrons. The van der Waals surface area contributed by atoms with Gasteiger partial charge >= 0.3 is 5.97 Å². The number of aryl methyl sites for hydroxylation is 1. The van der Waals surface area contributed by atoms with E-state index in [9.17, 15) is 14.7 Å². The van der Waals surface area contributed by atoms with E-state index in [2.05, 4.69) is 10.3 Å². The third kappa shape index (κ3) is 2.85. The Morgan fingerprint density at radius 3 is 2.30 bits per heavy atom. The van der Waals surface area contributed by atoms with Crippen molar-refractivity contribution in [1.82, 2.24) is 10.3 Å². The van der Waals surface area contributed by atoms with Crippen molar-refractivity contribution in [3.05, 3.63) is 22.5 Å². The van der Waals surface area contributed by atoms with Crippen molar-refractivity contribution in [2.75, 3.05) is 0 Å². The molecular weight excluding hydrogens is 260 g/mol. The molecule has 0 atom stereocenters. The number of aromatic carboxylic acids is 1. The monoisotopic (exact) mass is 280 g/mol. The Labute approximate surface area is 117 Å². The third-order valence-corrected chi connectivity index (χ3v) is 3.91. The van der Waals surface area contributed by atoms with Gasteiger partial charge in [0.15, 0.2) is 0 Å². The summed E-state index contributed by atoms with van der Waals surface area (Å²) in [4.78, 5) is 26.1. The van der Waals surface area contributed by atoms with Crippen molar-refractivity contribution >= 4 is 11.9 Å². The number of nitrogens with one attached hydrogen (secondary N) is 2. The van der Waals surface area contributed by atoms with E-state index in [0.29, 0.717) is 29.7 Å². The van der Waals surface area contributed by atoms with Crippen LogP contribution in [0.25, 0.3) is 0 Å². The summed E-state index contributed by atoms with van der Waals surface area (Å²) in [5.74, 6) is -1.31. The average molecular weight is 280 g/mol. The van der Waals surface area contributed by atoms with Crippen molar-refractivity contribution in [2.24, 2.45) is 0 Å². The second-order valence-corrected chi connectivity index (χ2v) is 5.41. The molecule has 6 nitrogen and oxygen atoms in total. The van der Waals surface area contributed by atoms with E-state index in [1.807, 2.05) is 0 Å². The molecule has 0 saturated heterocycles. The normalized spacial score (nSPS) is 22.6. The molecule has 110 valence electrons. The Balaban J connectivity index is 2.11. The maximum Gasteiger partial charge on any atom is 0.352 e. The number of carboxylic acids is 1. The summed E-state index contributed by atoms with van der Waals surface area (Å²) in [6.07, 6.45) is 2.62. The highest BCUT2D eigenvalue weighted by molar-refractivity contribution is 6.00. The van der Waals surface area contributed by atoms with Gasteiger partial charge in [-0.1, -0.05) is 0 Å². The molecule has 1 aliphatic carbocycles. The zero-order valence-corrected chi connectivity index (χ0v) is 11.7. The second kappa shape index (κ2) is 5.66. The zero-order valence-electron chi connectivity index (χ0n) is 11.7. The van der Waals surface area contributed by atoms with E-state index >= 15 is 0 Å². The van der Waals surface area contributed by atoms with Crippen LogP contribution in [-0.4, -0.2) is 39.2 Å². The topological polar surface area (TPSA) is 102 Å². The number of hydrogen-bond acceptors (Lipinski definition) is 3. The van der Waals surface area contributed by atoms with Crippen LogP contribution < -0.4 is 5.32 Å². The molecule has 4 N–H and O–H groups in total. The van der Waals surface area contributed by atoms with Gasteiger partial charge < -0.3 is 20.5 Å². The van der Waals surface area contributed by atoms with Crippen LogP contribution in [0.1, 0.15) is 57.8 Å². The number of carbonyl (C=O) groups excluding carboxylic acids is 1. The average Bonchev–Trinajstić information content (AvgIpc) is 2.68. The van der Waals surface area contributed by atoms with Crippen LogP contribution in [0.15, 0.2) is 0 Å². The van der Waals surface area contributed by atoms with E-state index in [1.54, 1.807) is 13.8 Å². The van der Waals surface area contributed by atoms with Gasteiger partial charge in [0.25, 0.3) is 5.91 Å². The molecule has 1 heterocycles. The number of aromatic amines is 1. The first-order valence-corrected chi connectivity index (χ1v) is 6.81. The zero-order chi connectivity index (χ0) is 14.9. The van der Waals surface area contributed by atoms with Crippen molar-refractivity contribution < 1.29 is 19.8 Å². The van der Waals surface area contributed by atoms with E-state index in [-0.39, 0.29) is 23.7 Å². The van der Waals surface area contributed by atoms with Crippen molar-refractivity contribution in [1.29, 1.82) is 0 Å². The highest BCUT2D eigenvalue weighted by Gasteiger charge is 2.25. The molecule has 1 aromatic rings. The summed E-state index contributed by atoms with van der Waals surface area (Å²) in [5, 5.41) is 21.4. The van der Waals surface area contributed by atoms with Crippen molar-refractivity contribution in [3.63, 3.8) is 0 Å². The van der Waals surface area contributed by atoms with Crippen LogP contribution in [0.2, 0.25) is 0 Å². The van der Waals surface area contributed by atoms with Crippen LogP contribution in [-0.2, 0) is 0 Å². The fourth-order valence-corrected chi connectivity index (χ4v) is 2.78. The molecule has 6 heteroatoms. The lowest BCUT2D eigenvalue weighted by Gasteiger charge is -2.26. The van der Waals surface area contributed by atoms with Gasteiger partial charge in [0.1, 0.15) is 5.69 Å². The summed E-state index contributed by atoms with van der Waals surface area (Å²) < 4.78 is 0. The first kappa shape index (κ1) is 14.6. The molecule has 0 spiro atoms. The number of carboxylic acid groups (broad SMARTS) is 1. The number of hydrogen-bond donors (Lipinski definition) is 4. The minimum atomic E-state index is -1.06. The number of aromatic nitrogens is 1. The van der Waals surface area contributed by atoms with Gasteiger partial charge in [-0.25, -0.2) is 4.79 Å². The molecule has 0 aromatic carbocycles. The number of rotatable bonds is 3. The molecule has 1 fully saturated rings. The predicted molar refractivity (Wildman–Crippen MR) is 73.0 cm³/mol. The summed E-state index contributed by atoms with van der Waals surface area (Å²) in [5.41, 5.74) is 1.50. The first-order chi connectivity index (χ1) is 9.40. The number of amides is 1. The maximum absolute atomic E-state index is 12.3. The lowest BCUT2D eigenvalue weighted by atomic mass is 9.93. The summed E-state index contributed by atoms with van der Waals surface area (Å²) in [7, 11) is 0. The summed E-state index contributed by atoms with van der Waals surface area (Å²) in [6.45, 7) is 3.32. The van der Waals surface area contributed by atoms with Crippen molar-refractivity contribution in [2.45, 2.75) is 51.7 Å². The van der Waals surface area contributed by atoms with E-state index < -0.39 is 5.97 Å². The van der Waals surface area contributed by atoms with Gasteiger partial charge in [-0.2, -0.15) is 0 Å². The predicted octanol–water partition coefficient (Wildman–Crippen LogP) is 1.36. The van der Waals surface area contributed by atoms with E-state index in [0.717, 1.165) is 12.8 Å².